The van der Waals surface area contributed by atoms with Crippen molar-refractivity contribution in [3.8, 4) is 0 Å². The average molecular weight is 347 g/mol. The van der Waals surface area contributed by atoms with Gasteiger partial charge in [0.25, 0.3) is 11.8 Å². The van der Waals surface area contributed by atoms with Gasteiger partial charge in [-0.1, -0.05) is 42.2 Å². The molecular formula is C15H11N2O4S2-. The highest BCUT2D eigenvalue weighted by Gasteiger charge is 2.42. The maximum Gasteiger partial charge on any atom is 0.267 e. The van der Waals surface area contributed by atoms with Crippen LogP contribution < -0.4 is 10.0 Å². The van der Waals surface area contributed by atoms with Crippen LogP contribution in [0, 0.1) is 0 Å². The smallest absolute Gasteiger partial charge is 0.267 e. The Morgan fingerprint density at radius 1 is 1.26 bits per heavy atom. The van der Waals surface area contributed by atoms with Gasteiger partial charge in [-0.05, 0) is 13.0 Å². The molecule has 3 rings (SSSR count). The summed E-state index contributed by atoms with van der Waals surface area (Å²) in [5.41, 5.74) is 1.60. The number of fused-ring (bicyclic) bond motifs is 1. The third kappa shape index (κ3) is 2.25. The Kier molecular flexibility index (Phi) is 3.73. The molecule has 0 saturated carbocycles. The average Bonchev–Trinajstić information content (AvgIpc) is 2.94. The van der Waals surface area contributed by atoms with Crippen molar-refractivity contribution in [2.24, 2.45) is 0 Å². The molecule has 0 bridgehead atoms. The molecule has 2 aliphatic rings. The summed E-state index contributed by atoms with van der Waals surface area (Å²) < 4.78 is 0.106. The van der Waals surface area contributed by atoms with Crippen LogP contribution in [0.5, 0.6) is 0 Å². The Bertz CT molecular complexity index is 802. The van der Waals surface area contributed by atoms with Gasteiger partial charge in [-0.3, -0.25) is 14.5 Å². The summed E-state index contributed by atoms with van der Waals surface area (Å²) in [6.07, 6.45) is 0. The molecule has 2 amide bonds. The lowest BCUT2D eigenvalue weighted by Crippen LogP contribution is -2.48. The zero-order chi connectivity index (χ0) is 16.9. The van der Waals surface area contributed by atoms with E-state index in [0.717, 1.165) is 16.7 Å². The van der Waals surface area contributed by atoms with Gasteiger partial charge in [0.15, 0.2) is 0 Å². The van der Waals surface area contributed by atoms with Gasteiger partial charge in [0.2, 0.25) is 0 Å². The van der Waals surface area contributed by atoms with Gasteiger partial charge in [0.05, 0.1) is 28.2 Å². The Labute approximate surface area is 141 Å². The first-order chi connectivity index (χ1) is 10.8. The Morgan fingerprint density at radius 3 is 2.57 bits per heavy atom. The van der Waals surface area contributed by atoms with Crippen LogP contribution in [0.4, 0.5) is 5.69 Å². The molecule has 1 fully saturated rings. The first-order valence-electron chi connectivity index (χ1n) is 6.72. The van der Waals surface area contributed by atoms with E-state index in [1.54, 1.807) is 31.3 Å². The van der Waals surface area contributed by atoms with E-state index in [1.165, 1.54) is 11.8 Å². The summed E-state index contributed by atoms with van der Waals surface area (Å²) in [7, 11) is 1.62. The SMILES string of the molecule is C[C@@H](C(=O)[O-])N1C(=O)/C(=C2/C(=O)N(C)c3ccccc32)SC1=S. The summed E-state index contributed by atoms with van der Waals surface area (Å²) in [5, 5.41) is 11.1. The number of hydrogen-bond acceptors (Lipinski definition) is 6. The highest BCUT2D eigenvalue weighted by atomic mass is 32.2. The van der Waals surface area contributed by atoms with E-state index in [0.29, 0.717) is 11.3 Å². The number of thiocarbonyl (C=S) groups is 1. The monoisotopic (exact) mass is 347 g/mol. The van der Waals surface area contributed by atoms with E-state index >= 15 is 0 Å². The molecule has 0 N–H and O–H groups in total. The minimum absolute atomic E-state index is 0.106. The van der Waals surface area contributed by atoms with Gasteiger partial charge in [-0.15, -0.1) is 0 Å². The van der Waals surface area contributed by atoms with Crippen LogP contribution in [0.2, 0.25) is 0 Å². The number of amides is 2. The van der Waals surface area contributed by atoms with E-state index in [4.69, 9.17) is 12.2 Å². The van der Waals surface area contributed by atoms with Crippen LogP contribution in [0.25, 0.3) is 5.57 Å². The van der Waals surface area contributed by atoms with Crippen LogP contribution in [-0.4, -0.2) is 40.1 Å². The zero-order valence-electron chi connectivity index (χ0n) is 12.2. The summed E-state index contributed by atoms with van der Waals surface area (Å²) in [6.45, 7) is 1.32. The molecule has 1 aromatic carbocycles. The third-order valence-corrected chi connectivity index (χ3v) is 5.21. The molecule has 0 spiro atoms. The second-order valence-electron chi connectivity index (χ2n) is 5.12. The first kappa shape index (κ1) is 15.7. The number of anilines is 1. The highest BCUT2D eigenvalue weighted by Crippen LogP contribution is 2.44. The van der Waals surface area contributed by atoms with Crippen LogP contribution in [0.15, 0.2) is 29.2 Å². The number of para-hydroxylation sites is 1. The van der Waals surface area contributed by atoms with Crippen molar-refractivity contribution in [2.45, 2.75) is 13.0 Å². The second-order valence-corrected chi connectivity index (χ2v) is 6.77. The first-order valence-corrected chi connectivity index (χ1v) is 7.95. The fraction of sp³-hybridized carbons (Fsp3) is 0.200. The van der Waals surface area contributed by atoms with Crippen LogP contribution in [-0.2, 0) is 14.4 Å². The van der Waals surface area contributed by atoms with Crippen LogP contribution >= 0.6 is 24.0 Å². The Balaban J connectivity index is 2.14. The van der Waals surface area contributed by atoms with Gasteiger partial charge in [0.1, 0.15) is 4.32 Å². The van der Waals surface area contributed by atoms with Crippen molar-refractivity contribution >= 4 is 57.3 Å². The minimum Gasteiger partial charge on any atom is -0.548 e. The lowest BCUT2D eigenvalue weighted by Gasteiger charge is -2.23. The number of carboxylic acid groups (broad SMARTS) is 1. The van der Waals surface area contributed by atoms with Crippen molar-refractivity contribution in [3.63, 3.8) is 0 Å². The number of carbonyl (C=O) groups excluding carboxylic acids is 3. The van der Waals surface area contributed by atoms with Crippen molar-refractivity contribution in [1.82, 2.24) is 4.90 Å². The normalized spacial score (nSPS) is 21.9. The van der Waals surface area contributed by atoms with E-state index in [9.17, 15) is 19.5 Å². The highest BCUT2D eigenvalue weighted by molar-refractivity contribution is 8.26. The van der Waals surface area contributed by atoms with Crippen molar-refractivity contribution in [2.75, 3.05) is 11.9 Å². The summed E-state index contributed by atoms with van der Waals surface area (Å²) in [5.74, 6) is -2.29. The fourth-order valence-electron chi connectivity index (χ4n) is 2.56. The van der Waals surface area contributed by atoms with Crippen LogP contribution in [0.1, 0.15) is 12.5 Å². The number of carboxylic acids is 1. The van der Waals surface area contributed by atoms with Gasteiger partial charge in [-0.2, -0.15) is 0 Å². The molecule has 2 aliphatic heterocycles. The van der Waals surface area contributed by atoms with Crippen molar-refractivity contribution < 1.29 is 19.5 Å². The molecule has 0 aliphatic carbocycles. The predicted octanol–water partition coefficient (Wildman–Crippen LogP) is 0.373. The zero-order valence-corrected chi connectivity index (χ0v) is 13.9. The summed E-state index contributed by atoms with van der Waals surface area (Å²) in [4.78, 5) is 38.8. The standard InChI is InChI=1S/C15H12N2O4S2/c1-7(14(20)21)17-13(19)11(23-15(17)22)10-8-5-3-4-6-9(8)16(2)12(10)18/h3-7H,1-2H3,(H,20,21)/p-1/b11-10-/t7-/m0/s1. The molecule has 2 heterocycles. The lowest BCUT2D eigenvalue weighted by atomic mass is 10.1. The lowest BCUT2D eigenvalue weighted by molar-refractivity contribution is -0.309. The molecule has 1 saturated heterocycles. The van der Waals surface area contributed by atoms with Gasteiger partial charge in [-0.25, -0.2) is 0 Å². The number of likely N-dealkylation sites (N-methyl/N-ethyl adjacent to an activating group) is 1. The predicted molar refractivity (Wildman–Crippen MR) is 88.3 cm³/mol. The van der Waals surface area contributed by atoms with Gasteiger partial charge >= 0.3 is 0 Å². The van der Waals surface area contributed by atoms with E-state index < -0.39 is 17.9 Å². The number of aliphatic carboxylic acids is 1. The molecule has 6 nitrogen and oxygen atoms in total. The van der Waals surface area contributed by atoms with E-state index in [-0.39, 0.29) is 20.7 Å². The fourth-order valence-corrected chi connectivity index (χ4v) is 4.05. The number of carbonyl (C=O) groups is 3. The molecular weight excluding hydrogens is 336 g/mol. The summed E-state index contributed by atoms with van der Waals surface area (Å²) in [6, 6.07) is 5.92. The largest absolute Gasteiger partial charge is 0.548 e. The molecule has 1 atom stereocenters. The van der Waals surface area contributed by atoms with Gasteiger partial charge in [0, 0.05) is 12.6 Å². The van der Waals surface area contributed by atoms with Crippen molar-refractivity contribution in [1.29, 1.82) is 0 Å². The number of thioether (sulfide) groups is 1. The van der Waals surface area contributed by atoms with Crippen LogP contribution in [0.3, 0.4) is 0 Å². The maximum atomic E-state index is 12.6. The quantitative estimate of drug-likeness (QED) is 0.568. The minimum atomic E-state index is -1.40. The number of hydrogen-bond donors (Lipinski definition) is 0. The van der Waals surface area contributed by atoms with E-state index in [2.05, 4.69) is 0 Å². The molecule has 0 unspecified atom stereocenters. The number of nitrogens with zero attached hydrogens (tertiary/aromatic N) is 2. The van der Waals surface area contributed by atoms with Gasteiger partial charge < -0.3 is 14.8 Å². The molecule has 0 radical (unpaired) electrons. The van der Waals surface area contributed by atoms with E-state index in [1.807, 2.05) is 0 Å². The topological polar surface area (TPSA) is 80.7 Å². The second kappa shape index (κ2) is 5.47. The third-order valence-electron chi connectivity index (χ3n) is 3.81. The molecule has 8 heteroatoms. The molecule has 23 heavy (non-hydrogen) atoms. The summed E-state index contributed by atoms with van der Waals surface area (Å²) >= 11 is 6.05. The number of rotatable bonds is 2. The molecule has 0 aromatic heterocycles. The Hall–Kier alpha value is -2.19. The van der Waals surface area contributed by atoms with Crippen molar-refractivity contribution in [3.05, 3.63) is 34.7 Å². The molecule has 1 aromatic rings. The Morgan fingerprint density at radius 2 is 1.91 bits per heavy atom. The number of benzene rings is 1. The maximum absolute atomic E-state index is 12.6. The molecule has 118 valence electrons.